The standard InChI is InChI=1S/C20H28N2O/c1-14(2)18(3)10-6-15-16(7-11-18)23-17(22-15)19(4)12-20(13-21-19)8-5-9-20/h6-7,10-11,14,21H,5,8-9,12-13H2,1-4H3. The Hall–Kier alpha value is -1.35. The molecule has 4 rings (SSSR count). The molecule has 0 amide bonds. The van der Waals surface area contributed by atoms with Crippen molar-refractivity contribution < 1.29 is 4.42 Å². The van der Waals surface area contributed by atoms with E-state index in [4.69, 9.17) is 9.40 Å². The first kappa shape index (κ1) is 15.2. The number of aromatic nitrogens is 1. The lowest BCUT2D eigenvalue weighted by Gasteiger charge is -2.38. The fourth-order valence-electron chi connectivity index (χ4n) is 4.21. The number of fused-ring (bicyclic) bond motifs is 1. The van der Waals surface area contributed by atoms with Crippen molar-refractivity contribution in [1.29, 1.82) is 0 Å². The highest BCUT2D eigenvalue weighted by Gasteiger charge is 2.51. The summed E-state index contributed by atoms with van der Waals surface area (Å²) in [6.45, 7) is 10.1. The molecule has 1 aromatic rings. The summed E-state index contributed by atoms with van der Waals surface area (Å²) in [5.74, 6) is 2.30. The third-order valence-electron chi connectivity index (χ3n) is 6.59. The summed E-state index contributed by atoms with van der Waals surface area (Å²) in [5, 5.41) is 3.70. The smallest absolute Gasteiger partial charge is 0.215 e. The van der Waals surface area contributed by atoms with Crippen LogP contribution in [0.5, 0.6) is 0 Å². The Balaban J connectivity index is 1.63. The molecule has 23 heavy (non-hydrogen) atoms. The zero-order valence-corrected chi connectivity index (χ0v) is 14.8. The monoisotopic (exact) mass is 312 g/mol. The molecule has 124 valence electrons. The second-order valence-electron chi connectivity index (χ2n) is 8.67. The summed E-state index contributed by atoms with van der Waals surface area (Å²) >= 11 is 0. The molecule has 3 aliphatic rings. The van der Waals surface area contributed by atoms with Crippen molar-refractivity contribution in [3.8, 4) is 0 Å². The van der Waals surface area contributed by atoms with Gasteiger partial charge in [0.25, 0.3) is 0 Å². The van der Waals surface area contributed by atoms with Gasteiger partial charge in [0.1, 0.15) is 5.69 Å². The van der Waals surface area contributed by atoms with Crippen LogP contribution in [0.15, 0.2) is 16.6 Å². The highest BCUT2D eigenvalue weighted by atomic mass is 16.4. The van der Waals surface area contributed by atoms with E-state index < -0.39 is 0 Å². The Labute approximate surface area is 139 Å². The largest absolute Gasteiger partial charge is 0.439 e. The molecule has 0 radical (unpaired) electrons. The minimum atomic E-state index is -0.115. The number of hydrogen-bond acceptors (Lipinski definition) is 3. The second-order valence-corrected chi connectivity index (χ2v) is 8.67. The highest BCUT2D eigenvalue weighted by molar-refractivity contribution is 5.63. The van der Waals surface area contributed by atoms with Crippen LogP contribution in [0, 0.1) is 16.7 Å². The van der Waals surface area contributed by atoms with E-state index >= 15 is 0 Å². The summed E-state index contributed by atoms with van der Waals surface area (Å²) < 4.78 is 6.20. The fraction of sp³-hybridized carbons (Fsp3) is 0.650. The number of oxazole rings is 1. The highest BCUT2D eigenvalue weighted by Crippen LogP contribution is 2.52. The molecule has 2 unspecified atom stereocenters. The average Bonchev–Trinajstić information content (AvgIpc) is 3.01. The first-order valence-electron chi connectivity index (χ1n) is 8.99. The average molecular weight is 312 g/mol. The molecule has 2 aliphatic carbocycles. The first-order chi connectivity index (χ1) is 10.8. The summed E-state index contributed by atoms with van der Waals surface area (Å²) in [4.78, 5) is 4.85. The molecule has 2 atom stereocenters. The molecule has 2 heterocycles. The van der Waals surface area contributed by atoms with Crippen molar-refractivity contribution in [1.82, 2.24) is 10.3 Å². The van der Waals surface area contributed by atoms with Gasteiger partial charge >= 0.3 is 0 Å². The minimum absolute atomic E-state index is 0.0644. The molecule has 0 bridgehead atoms. The summed E-state index contributed by atoms with van der Waals surface area (Å²) in [5.41, 5.74) is 1.42. The molecule has 3 nitrogen and oxygen atoms in total. The molecule has 3 heteroatoms. The number of hydrogen-bond donors (Lipinski definition) is 1. The molecule has 1 spiro atoms. The van der Waals surface area contributed by atoms with Gasteiger partial charge in [-0.25, -0.2) is 4.98 Å². The maximum absolute atomic E-state index is 6.20. The predicted molar refractivity (Wildman–Crippen MR) is 93.8 cm³/mol. The van der Waals surface area contributed by atoms with Gasteiger partial charge in [0, 0.05) is 12.0 Å². The van der Waals surface area contributed by atoms with Crippen molar-refractivity contribution in [2.24, 2.45) is 16.7 Å². The van der Waals surface area contributed by atoms with Crippen LogP contribution in [0.1, 0.15) is 70.7 Å². The third-order valence-corrected chi connectivity index (χ3v) is 6.59. The van der Waals surface area contributed by atoms with Gasteiger partial charge in [0.15, 0.2) is 5.76 Å². The van der Waals surface area contributed by atoms with Crippen LogP contribution >= 0.6 is 0 Å². The van der Waals surface area contributed by atoms with Crippen molar-refractivity contribution in [2.45, 2.75) is 58.9 Å². The maximum Gasteiger partial charge on any atom is 0.215 e. The SMILES string of the molecule is CC(C)C1(C)C=Cc2nc(C3(C)CC4(CCC4)CN3)oc2C=C1. The topological polar surface area (TPSA) is 38.1 Å². The van der Waals surface area contributed by atoms with Crippen LogP contribution in [0.4, 0.5) is 0 Å². The maximum atomic E-state index is 6.20. The molecular formula is C20H28N2O. The van der Waals surface area contributed by atoms with E-state index in [1.54, 1.807) is 0 Å². The Morgan fingerprint density at radius 3 is 2.52 bits per heavy atom. The molecule has 1 aliphatic heterocycles. The normalized spacial score (nSPS) is 34.7. The molecule has 1 aromatic heterocycles. The van der Waals surface area contributed by atoms with E-state index in [-0.39, 0.29) is 11.0 Å². The van der Waals surface area contributed by atoms with Gasteiger partial charge in [0.05, 0.1) is 5.54 Å². The molecule has 0 aromatic carbocycles. The van der Waals surface area contributed by atoms with Crippen LogP contribution in [0.3, 0.4) is 0 Å². The molecule has 1 saturated heterocycles. The first-order valence-corrected chi connectivity index (χ1v) is 8.99. The van der Waals surface area contributed by atoms with Crippen molar-refractivity contribution >= 4 is 12.2 Å². The molecule has 1 N–H and O–H groups in total. The van der Waals surface area contributed by atoms with Crippen molar-refractivity contribution in [3.05, 3.63) is 29.5 Å². The van der Waals surface area contributed by atoms with Crippen LogP contribution in [-0.4, -0.2) is 11.5 Å². The van der Waals surface area contributed by atoms with E-state index in [0.29, 0.717) is 11.3 Å². The van der Waals surface area contributed by atoms with Gasteiger partial charge in [-0.05, 0) is 49.7 Å². The van der Waals surface area contributed by atoms with Crippen LogP contribution < -0.4 is 5.32 Å². The Kier molecular flexibility index (Phi) is 3.19. The zero-order chi connectivity index (χ0) is 16.3. The van der Waals surface area contributed by atoms with Crippen LogP contribution in [-0.2, 0) is 5.54 Å². The number of allylic oxidation sites excluding steroid dienone is 2. The lowest BCUT2D eigenvalue weighted by Crippen LogP contribution is -2.33. The van der Waals surface area contributed by atoms with Gasteiger partial charge in [-0.2, -0.15) is 0 Å². The molecule has 1 saturated carbocycles. The van der Waals surface area contributed by atoms with E-state index in [0.717, 1.165) is 30.3 Å². The van der Waals surface area contributed by atoms with Gasteiger partial charge in [-0.15, -0.1) is 0 Å². The number of rotatable bonds is 2. The lowest BCUT2D eigenvalue weighted by molar-refractivity contribution is 0.144. The second kappa shape index (κ2) is 4.83. The minimum Gasteiger partial charge on any atom is -0.439 e. The van der Waals surface area contributed by atoms with Crippen LogP contribution in [0.2, 0.25) is 0 Å². The number of nitrogens with zero attached hydrogens (tertiary/aromatic N) is 1. The molecule has 2 fully saturated rings. The van der Waals surface area contributed by atoms with Gasteiger partial charge in [0.2, 0.25) is 5.89 Å². The third kappa shape index (κ3) is 2.32. The quantitative estimate of drug-likeness (QED) is 0.856. The Morgan fingerprint density at radius 2 is 1.91 bits per heavy atom. The van der Waals surface area contributed by atoms with Crippen LogP contribution in [0.25, 0.3) is 12.2 Å². The fourth-order valence-corrected chi connectivity index (χ4v) is 4.21. The predicted octanol–water partition coefficient (Wildman–Crippen LogP) is 4.76. The van der Waals surface area contributed by atoms with Gasteiger partial charge in [-0.1, -0.05) is 39.3 Å². The summed E-state index contributed by atoms with van der Waals surface area (Å²) in [7, 11) is 0. The Morgan fingerprint density at radius 1 is 1.17 bits per heavy atom. The summed E-state index contributed by atoms with van der Waals surface area (Å²) in [6.07, 6.45) is 14.0. The van der Waals surface area contributed by atoms with Gasteiger partial charge < -0.3 is 9.73 Å². The Bertz CT molecular complexity index is 646. The molecular weight excluding hydrogens is 284 g/mol. The lowest BCUT2D eigenvalue weighted by atomic mass is 9.66. The number of nitrogens with one attached hydrogen (secondary N) is 1. The van der Waals surface area contributed by atoms with Crippen molar-refractivity contribution in [2.75, 3.05) is 6.54 Å². The summed E-state index contributed by atoms with van der Waals surface area (Å²) in [6, 6.07) is 0. The zero-order valence-electron chi connectivity index (χ0n) is 14.8. The van der Waals surface area contributed by atoms with E-state index in [1.807, 2.05) is 0 Å². The van der Waals surface area contributed by atoms with E-state index in [2.05, 4.69) is 57.3 Å². The van der Waals surface area contributed by atoms with Crippen molar-refractivity contribution in [3.63, 3.8) is 0 Å². The van der Waals surface area contributed by atoms with Gasteiger partial charge in [-0.3, -0.25) is 0 Å². The van der Waals surface area contributed by atoms with E-state index in [9.17, 15) is 0 Å². The van der Waals surface area contributed by atoms with E-state index in [1.165, 1.54) is 19.3 Å².